The Bertz CT molecular complexity index is 766. The number of carbonyl (C=O) groups is 3. The minimum Gasteiger partial charge on any atom is -0.338 e. The summed E-state index contributed by atoms with van der Waals surface area (Å²) in [5.41, 5.74) is 0.893. The predicted octanol–water partition coefficient (Wildman–Crippen LogP) is 3.34. The number of fused-ring (bicyclic) bond motifs is 1. The van der Waals surface area contributed by atoms with Gasteiger partial charge in [-0.1, -0.05) is 18.2 Å². The molecule has 0 aliphatic carbocycles. The van der Waals surface area contributed by atoms with Crippen molar-refractivity contribution in [3.05, 3.63) is 57.8 Å². The van der Waals surface area contributed by atoms with Crippen LogP contribution < -0.4 is 0 Å². The highest BCUT2D eigenvalue weighted by Crippen LogP contribution is 2.25. The van der Waals surface area contributed by atoms with Gasteiger partial charge in [-0.15, -0.1) is 11.3 Å². The van der Waals surface area contributed by atoms with Crippen molar-refractivity contribution in [1.82, 2.24) is 9.80 Å². The molecule has 25 heavy (non-hydrogen) atoms. The summed E-state index contributed by atoms with van der Waals surface area (Å²) in [5, 5.41) is 1.99. The third kappa shape index (κ3) is 3.35. The number of hydrogen-bond acceptors (Lipinski definition) is 4. The van der Waals surface area contributed by atoms with E-state index in [4.69, 9.17) is 0 Å². The van der Waals surface area contributed by atoms with E-state index in [1.807, 2.05) is 24.4 Å². The number of nitrogens with zero attached hydrogens (tertiary/aromatic N) is 2. The van der Waals surface area contributed by atoms with Gasteiger partial charge in [-0.2, -0.15) is 0 Å². The summed E-state index contributed by atoms with van der Waals surface area (Å²) in [6, 6.07) is 10.8. The fraction of sp³-hybridized carbons (Fsp3) is 0.316. The van der Waals surface area contributed by atoms with Gasteiger partial charge in [-0.05, 0) is 36.9 Å². The molecule has 0 fully saturated rings. The Kier molecular flexibility index (Phi) is 4.99. The number of carbonyl (C=O) groups excluding carboxylic acids is 3. The Labute approximate surface area is 150 Å². The molecule has 5 nitrogen and oxygen atoms in total. The second kappa shape index (κ2) is 7.19. The molecule has 0 spiro atoms. The largest absolute Gasteiger partial charge is 0.338 e. The highest BCUT2D eigenvalue weighted by Gasteiger charge is 2.34. The quantitative estimate of drug-likeness (QED) is 0.746. The molecule has 6 heteroatoms. The van der Waals surface area contributed by atoms with E-state index in [-0.39, 0.29) is 30.3 Å². The lowest BCUT2D eigenvalue weighted by molar-refractivity contribution is -0.131. The molecule has 0 radical (unpaired) electrons. The van der Waals surface area contributed by atoms with Crippen molar-refractivity contribution >= 4 is 29.1 Å². The van der Waals surface area contributed by atoms with Crippen LogP contribution in [0.3, 0.4) is 0 Å². The Morgan fingerprint density at radius 2 is 1.76 bits per heavy atom. The summed E-state index contributed by atoms with van der Waals surface area (Å²) in [5.74, 6) is -0.528. The Morgan fingerprint density at radius 3 is 2.32 bits per heavy atom. The Hall–Kier alpha value is -2.47. The average Bonchev–Trinajstić information content (AvgIpc) is 3.24. The van der Waals surface area contributed by atoms with Crippen LogP contribution in [-0.2, 0) is 4.79 Å². The summed E-state index contributed by atoms with van der Waals surface area (Å²) >= 11 is 1.62. The maximum Gasteiger partial charge on any atom is 0.261 e. The fourth-order valence-electron chi connectivity index (χ4n) is 2.94. The van der Waals surface area contributed by atoms with Gasteiger partial charge in [0.15, 0.2) is 0 Å². The molecule has 2 heterocycles. The second-order valence-electron chi connectivity index (χ2n) is 6.11. The van der Waals surface area contributed by atoms with Gasteiger partial charge in [0.25, 0.3) is 11.8 Å². The molecule has 1 atom stereocenters. The number of amides is 3. The second-order valence-corrected chi connectivity index (χ2v) is 7.09. The van der Waals surface area contributed by atoms with Gasteiger partial charge >= 0.3 is 0 Å². The average molecular weight is 356 g/mol. The number of imide groups is 1. The van der Waals surface area contributed by atoms with E-state index >= 15 is 0 Å². The Morgan fingerprint density at radius 1 is 1.12 bits per heavy atom. The van der Waals surface area contributed by atoms with Gasteiger partial charge in [0.1, 0.15) is 0 Å². The topological polar surface area (TPSA) is 57.7 Å². The van der Waals surface area contributed by atoms with Crippen LogP contribution in [0.4, 0.5) is 0 Å². The maximum absolute atomic E-state index is 12.4. The normalized spacial score (nSPS) is 14.6. The van der Waals surface area contributed by atoms with Crippen molar-refractivity contribution in [1.29, 1.82) is 0 Å². The third-order valence-electron chi connectivity index (χ3n) is 4.58. The minimum absolute atomic E-state index is 0.0116. The van der Waals surface area contributed by atoms with Gasteiger partial charge in [0.05, 0.1) is 17.2 Å². The molecule has 3 rings (SSSR count). The zero-order valence-corrected chi connectivity index (χ0v) is 15.1. The van der Waals surface area contributed by atoms with Gasteiger partial charge in [0.2, 0.25) is 5.91 Å². The molecule has 1 aliphatic heterocycles. The van der Waals surface area contributed by atoms with Crippen LogP contribution in [0.25, 0.3) is 0 Å². The smallest absolute Gasteiger partial charge is 0.261 e. The van der Waals surface area contributed by atoms with E-state index in [0.717, 1.165) is 4.88 Å². The first-order valence-corrected chi connectivity index (χ1v) is 9.13. The van der Waals surface area contributed by atoms with Crippen LogP contribution in [0.1, 0.15) is 51.4 Å². The predicted molar refractivity (Wildman–Crippen MR) is 96.5 cm³/mol. The molecule has 0 saturated carbocycles. The Balaban J connectivity index is 1.54. The zero-order valence-electron chi connectivity index (χ0n) is 14.3. The van der Waals surface area contributed by atoms with E-state index in [9.17, 15) is 14.4 Å². The zero-order chi connectivity index (χ0) is 18.0. The molecule has 1 aromatic heterocycles. The van der Waals surface area contributed by atoms with Gasteiger partial charge in [-0.3, -0.25) is 19.3 Å². The molecular formula is C19H20N2O3S. The van der Waals surface area contributed by atoms with Crippen LogP contribution in [0.15, 0.2) is 41.8 Å². The number of benzene rings is 1. The van der Waals surface area contributed by atoms with Crippen molar-refractivity contribution in [2.45, 2.75) is 25.8 Å². The maximum atomic E-state index is 12.4. The highest BCUT2D eigenvalue weighted by atomic mass is 32.1. The first kappa shape index (κ1) is 17.4. The lowest BCUT2D eigenvalue weighted by atomic mass is 10.1. The minimum atomic E-state index is -0.270. The third-order valence-corrected chi connectivity index (χ3v) is 5.62. The van der Waals surface area contributed by atoms with Gasteiger partial charge < -0.3 is 4.90 Å². The monoisotopic (exact) mass is 356 g/mol. The lowest BCUT2D eigenvalue weighted by Crippen LogP contribution is -2.33. The summed E-state index contributed by atoms with van der Waals surface area (Å²) in [4.78, 5) is 41.0. The van der Waals surface area contributed by atoms with E-state index in [1.54, 1.807) is 47.5 Å². The van der Waals surface area contributed by atoms with Crippen LogP contribution in [0, 0.1) is 0 Å². The fourth-order valence-corrected chi connectivity index (χ4v) is 3.77. The summed E-state index contributed by atoms with van der Waals surface area (Å²) < 4.78 is 0. The molecule has 2 aromatic rings. The molecule has 0 bridgehead atoms. The number of thiophene rings is 1. The van der Waals surface area contributed by atoms with Gasteiger partial charge in [0, 0.05) is 24.9 Å². The first-order valence-electron chi connectivity index (χ1n) is 8.25. The van der Waals surface area contributed by atoms with Crippen LogP contribution in [0.2, 0.25) is 0 Å². The lowest BCUT2D eigenvalue weighted by Gasteiger charge is -2.24. The highest BCUT2D eigenvalue weighted by molar-refractivity contribution is 7.10. The van der Waals surface area contributed by atoms with E-state index in [1.165, 1.54) is 4.90 Å². The van der Waals surface area contributed by atoms with E-state index < -0.39 is 0 Å². The van der Waals surface area contributed by atoms with Crippen molar-refractivity contribution in [3.8, 4) is 0 Å². The van der Waals surface area contributed by atoms with Crippen molar-refractivity contribution < 1.29 is 14.4 Å². The van der Waals surface area contributed by atoms with Crippen LogP contribution in [-0.4, -0.2) is 41.1 Å². The van der Waals surface area contributed by atoms with Crippen LogP contribution in [0.5, 0.6) is 0 Å². The first-order chi connectivity index (χ1) is 12.0. The SMILES string of the molecule is CC(c1cccs1)N(C)C(=O)CCCN1C(=O)c2ccccc2C1=O. The number of rotatable bonds is 6. The standard InChI is InChI=1S/C19H20N2O3S/c1-13(16-9-6-12-25-16)20(2)17(22)10-5-11-21-18(23)14-7-3-4-8-15(14)19(21)24/h3-4,6-9,12-13H,5,10-11H2,1-2H3. The molecule has 3 amide bonds. The molecule has 0 N–H and O–H groups in total. The summed E-state index contributed by atoms with van der Waals surface area (Å²) in [6.07, 6.45) is 0.769. The van der Waals surface area contributed by atoms with Gasteiger partial charge in [-0.25, -0.2) is 0 Å². The molecule has 0 saturated heterocycles. The molecular weight excluding hydrogens is 336 g/mol. The molecule has 1 aliphatic rings. The summed E-state index contributed by atoms with van der Waals surface area (Å²) in [7, 11) is 1.79. The van der Waals surface area contributed by atoms with E-state index in [0.29, 0.717) is 24.0 Å². The number of hydrogen-bond donors (Lipinski definition) is 0. The van der Waals surface area contributed by atoms with Crippen molar-refractivity contribution in [2.24, 2.45) is 0 Å². The van der Waals surface area contributed by atoms with Crippen LogP contribution >= 0.6 is 11.3 Å². The van der Waals surface area contributed by atoms with Crippen molar-refractivity contribution in [3.63, 3.8) is 0 Å². The molecule has 1 aromatic carbocycles. The molecule has 1 unspecified atom stereocenters. The van der Waals surface area contributed by atoms with E-state index in [2.05, 4.69) is 0 Å². The summed E-state index contributed by atoms with van der Waals surface area (Å²) in [6.45, 7) is 2.26. The molecule has 130 valence electrons. The van der Waals surface area contributed by atoms with Crippen molar-refractivity contribution in [2.75, 3.05) is 13.6 Å².